The van der Waals surface area contributed by atoms with Gasteiger partial charge in [0.15, 0.2) is 11.3 Å². The molecule has 0 spiro atoms. The van der Waals surface area contributed by atoms with E-state index in [0.29, 0.717) is 28.4 Å². The quantitative estimate of drug-likeness (QED) is 0.571. The van der Waals surface area contributed by atoms with Crippen molar-refractivity contribution in [3.63, 3.8) is 0 Å². The third-order valence-electron chi connectivity index (χ3n) is 5.81. The second-order valence-corrected chi connectivity index (χ2v) is 7.67. The first kappa shape index (κ1) is 17.7. The number of hydrogen-bond donors (Lipinski definition) is 1. The average Bonchev–Trinajstić information content (AvgIpc) is 3.26. The largest absolute Gasteiger partial charge is 0.419 e. The van der Waals surface area contributed by atoms with Crippen molar-refractivity contribution in [2.45, 2.75) is 38.0 Å². The number of pyridine rings is 1. The minimum absolute atomic E-state index is 0.270. The summed E-state index contributed by atoms with van der Waals surface area (Å²) < 4.78 is 8.69. The molecular formula is C22H22N4O3. The van der Waals surface area contributed by atoms with Crippen molar-refractivity contribution >= 4 is 28.2 Å². The summed E-state index contributed by atoms with van der Waals surface area (Å²) >= 11 is 0. The molecule has 1 aromatic carbocycles. The number of benzene rings is 1. The van der Waals surface area contributed by atoms with E-state index in [2.05, 4.69) is 5.32 Å². The Morgan fingerprint density at radius 1 is 1.14 bits per heavy atom. The van der Waals surface area contributed by atoms with Crippen molar-refractivity contribution in [3.8, 4) is 0 Å². The van der Waals surface area contributed by atoms with Crippen LogP contribution >= 0.6 is 0 Å². The van der Waals surface area contributed by atoms with E-state index in [4.69, 9.17) is 9.40 Å². The maximum atomic E-state index is 13.0. The molecule has 1 aliphatic carbocycles. The summed E-state index contributed by atoms with van der Waals surface area (Å²) in [6.07, 6.45) is 7.88. The van der Waals surface area contributed by atoms with Crippen LogP contribution in [0.1, 0.15) is 54.3 Å². The van der Waals surface area contributed by atoms with Crippen LogP contribution in [-0.4, -0.2) is 19.9 Å². The molecule has 3 aromatic heterocycles. The predicted octanol–water partition coefficient (Wildman–Crippen LogP) is 4.08. The van der Waals surface area contributed by atoms with Gasteiger partial charge in [-0.25, -0.2) is 9.78 Å². The molecule has 5 rings (SSSR count). The Kier molecular flexibility index (Phi) is 4.23. The normalized spacial score (nSPS) is 15.2. The molecule has 1 fully saturated rings. The van der Waals surface area contributed by atoms with Gasteiger partial charge in [0.2, 0.25) is 0 Å². The third-order valence-corrected chi connectivity index (χ3v) is 5.81. The first-order chi connectivity index (χ1) is 14.1. The molecule has 0 saturated heterocycles. The highest BCUT2D eigenvalue weighted by molar-refractivity contribution is 6.08. The van der Waals surface area contributed by atoms with Crippen LogP contribution in [0.3, 0.4) is 0 Å². The Balaban J connectivity index is 1.50. The highest BCUT2D eigenvalue weighted by atomic mass is 16.4. The van der Waals surface area contributed by atoms with E-state index >= 15 is 0 Å². The summed E-state index contributed by atoms with van der Waals surface area (Å²) in [6.45, 7) is 0. The Hall–Kier alpha value is -3.35. The van der Waals surface area contributed by atoms with Gasteiger partial charge in [-0.15, -0.1) is 0 Å². The monoisotopic (exact) mass is 390 g/mol. The van der Waals surface area contributed by atoms with E-state index in [9.17, 15) is 9.59 Å². The summed E-state index contributed by atoms with van der Waals surface area (Å²) in [5.74, 6) is 0.652. The molecule has 7 nitrogen and oxygen atoms in total. The van der Waals surface area contributed by atoms with Crippen molar-refractivity contribution in [2.24, 2.45) is 7.05 Å². The number of imidazole rings is 1. The second-order valence-electron chi connectivity index (χ2n) is 7.67. The molecule has 1 saturated carbocycles. The van der Waals surface area contributed by atoms with Crippen molar-refractivity contribution in [3.05, 3.63) is 64.7 Å². The van der Waals surface area contributed by atoms with Crippen LogP contribution in [0.5, 0.6) is 0 Å². The Morgan fingerprint density at radius 2 is 1.97 bits per heavy atom. The molecule has 7 heteroatoms. The molecule has 0 aliphatic heterocycles. The molecule has 148 valence electrons. The summed E-state index contributed by atoms with van der Waals surface area (Å²) in [7, 11) is 1.65. The summed E-state index contributed by atoms with van der Waals surface area (Å²) in [6, 6.07) is 11.0. The Morgan fingerprint density at radius 3 is 2.79 bits per heavy atom. The van der Waals surface area contributed by atoms with Gasteiger partial charge in [0, 0.05) is 30.9 Å². The summed E-state index contributed by atoms with van der Waals surface area (Å²) in [5.41, 5.74) is 2.90. The number of hydrogen-bond acceptors (Lipinski definition) is 4. The lowest BCUT2D eigenvalue weighted by molar-refractivity contribution is 0.102. The highest BCUT2D eigenvalue weighted by Crippen LogP contribution is 2.33. The van der Waals surface area contributed by atoms with Crippen molar-refractivity contribution < 1.29 is 9.21 Å². The maximum absolute atomic E-state index is 13.0. The number of nitrogens with zero attached hydrogens (tertiary/aromatic N) is 3. The van der Waals surface area contributed by atoms with Crippen LogP contribution in [0.15, 0.2) is 51.8 Å². The van der Waals surface area contributed by atoms with Crippen molar-refractivity contribution in [2.75, 3.05) is 5.32 Å². The van der Waals surface area contributed by atoms with E-state index in [-0.39, 0.29) is 5.91 Å². The van der Waals surface area contributed by atoms with Gasteiger partial charge in [-0.1, -0.05) is 25.3 Å². The zero-order valence-corrected chi connectivity index (χ0v) is 16.2. The number of aryl methyl sites for hydroxylation is 1. The average molecular weight is 390 g/mol. The number of carbonyl (C=O) groups is 1. The summed E-state index contributed by atoms with van der Waals surface area (Å²) in [5, 5.41) is 2.90. The van der Waals surface area contributed by atoms with Gasteiger partial charge in [-0.3, -0.25) is 9.36 Å². The van der Waals surface area contributed by atoms with E-state index in [1.54, 1.807) is 25.2 Å². The Labute approximate surface area is 167 Å². The zero-order valence-electron chi connectivity index (χ0n) is 16.2. The number of fused-ring (bicyclic) bond motifs is 2. The molecule has 1 amide bonds. The molecular weight excluding hydrogens is 368 g/mol. The molecule has 4 aromatic rings. The van der Waals surface area contributed by atoms with Crippen LogP contribution in [0, 0.1) is 0 Å². The van der Waals surface area contributed by atoms with E-state index in [1.807, 2.05) is 28.8 Å². The smallest absolute Gasteiger partial charge is 0.408 e. The van der Waals surface area contributed by atoms with Crippen LogP contribution in [-0.2, 0) is 7.05 Å². The molecule has 3 heterocycles. The number of oxazole rings is 1. The fourth-order valence-electron chi connectivity index (χ4n) is 4.28. The minimum atomic E-state index is -0.430. The zero-order chi connectivity index (χ0) is 20.0. The minimum Gasteiger partial charge on any atom is -0.408 e. The molecule has 0 atom stereocenters. The number of amides is 1. The Bertz CT molecular complexity index is 1270. The van der Waals surface area contributed by atoms with Gasteiger partial charge in [0.05, 0.1) is 11.0 Å². The van der Waals surface area contributed by atoms with E-state index < -0.39 is 5.76 Å². The van der Waals surface area contributed by atoms with Gasteiger partial charge in [0.25, 0.3) is 5.91 Å². The van der Waals surface area contributed by atoms with Gasteiger partial charge in [0.1, 0.15) is 5.82 Å². The lowest BCUT2D eigenvalue weighted by Crippen LogP contribution is -2.13. The van der Waals surface area contributed by atoms with Gasteiger partial charge < -0.3 is 14.1 Å². The van der Waals surface area contributed by atoms with E-state index in [1.165, 1.54) is 23.8 Å². The van der Waals surface area contributed by atoms with Crippen LogP contribution in [0.2, 0.25) is 0 Å². The van der Waals surface area contributed by atoms with Gasteiger partial charge in [-0.2, -0.15) is 0 Å². The lowest BCUT2D eigenvalue weighted by Gasteiger charge is -2.20. The fourth-order valence-corrected chi connectivity index (χ4v) is 4.28. The highest BCUT2D eigenvalue weighted by Gasteiger charge is 2.24. The number of anilines is 1. The molecule has 1 N–H and O–H groups in total. The number of aromatic nitrogens is 3. The number of carbonyl (C=O) groups excluding carboxylic acids is 1. The number of nitrogens with one attached hydrogen (secondary N) is 1. The standard InChI is InChI=1S/C22H22N4O3/c1-25-16-11-10-15(13-18(16)29-22(25)28)23-21(27)19-17-9-5-6-12-26(17)20(24-19)14-7-3-2-4-8-14/h5-6,9-14H,2-4,7-8H2,1H3,(H,23,27). The maximum Gasteiger partial charge on any atom is 0.419 e. The van der Waals surface area contributed by atoms with Crippen LogP contribution in [0.25, 0.3) is 16.6 Å². The van der Waals surface area contributed by atoms with Crippen molar-refractivity contribution in [1.29, 1.82) is 0 Å². The fraction of sp³-hybridized carbons (Fsp3) is 0.318. The van der Waals surface area contributed by atoms with Crippen molar-refractivity contribution in [1.82, 2.24) is 14.0 Å². The van der Waals surface area contributed by atoms with E-state index in [0.717, 1.165) is 24.2 Å². The number of rotatable bonds is 3. The molecule has 29 heavy (non-hydrogen) atoms. The van der Waals surface area contributed by atoms with Crippen LogP contribution < -0.4 is 11.1 Å². The second kappa shape index (κ2) is 6.92. The SMILES string of the molecule is Cn1c(=O)oc2cc(NC(=O)c3nc(C4CCCCC4)n4ccccc34)ccc21. The predicted molar refractivity (Wildman–Crippen MR) is 110 cm³/mol. The van der Waals surface area contributed by atoms with Gasteiger partial charge in [-0.05, 0) is 37.1 Å². The first-order valence-corrected chi connectivity index (χ1v) is 10.00. The molecule has 0 unspecified atom stereocenters. The van der Waals surface area contributed by atoms with Crippen LogP contribution in [0.4, 0.5) is 5.69 Å². The third kappa shape index (κ3) is 3.03. The molecule has 0 bridgehead atoms. The molecule has 1 aliphatic rings. The topological polar surface area (TPSA) is 81.5 Å². The lowest BCUT2D eigenvalue weighted by atomic mass is 9.89. The van der Waals surface area contributed by atoms with Gasteiger partial charge >= 0.3 is 5.76 Å². The first-order valence-electron chi connectivity index (χ1n) is 10.00. The summed E-state index contributed by atoms with van der Waals surface area (Å²) in [4.78, 5) is 29.5. The molecule has 0 radical (unpaired) electrons.